The predicted octanol–water partition coefficient (Wildman–Crippen LogP) is 2.41. The van der Waals surface area contributed by atoms with Crippen LogP contribution < -0.4 is 20.3 Å². The van der Waals surface area contributed by atoms with Gasteiger partial charge in [0.05, 0.1) is 23.2 Å². The summed E-state index contributed by atoms with van der Waals surface area (Å²) in [6.45, 7) is 6.93. The van der Waals surface area contributed by atoms with Gasteiger partial charge in [-0.15, -0.1) is 0 Å². The van der Waals surface area contributed by atoms with E-state index in [9.17, 15) is 13.2 Å². The van der Waals surface area contributed by atoms with Crippen molar-refractivity contribution >= 4 is 43.9 Å². The predicted molar refractivity (Wildman–Crippen MR) is 149 cm³/mol. The van der Waals surface area contributed by atoms with Crippen LogP contribution in [0.2, 0.25) is 0 Å². The van der Waals surface area contributed by atoms with Crippen LogP contribution in [0, 0.1) is 6.92 Å². The van der Waals surface area contributed by atoms with E-state index in [-0.39, 0.29) is 12.5 Å². The lowest BCUT2D eigenvalue weighted by Crippen LogP contribution is -2.42. The summed E-state index contributed by atoms with van der Waals surface area (Å²) in [4.78, 5) is 20.4. The second-order valence-electron chi connectivity index (χ2n) is 9.93. The van der Waals surface area contributed by atoms with Gasteiger partial charge in [-0.1, -0.05) is 6.92 Å². The van der Waals surface area contributed by atoms with Gasteiger partial charge in [0.25, 0.3) is 5.91 Å². The van der Waals surface area contributed by atoms with Crippen LogP contribution in [0.1, 0.15) is 41.4 Å². The number of nitrogens with one attached hydrogen (secondary N) is 3. The number of aromatic nitrogens is 4. The number of piperidine rings is 1. The lowest BCUT2D eigenvalue weighted by atomic mass is 10.0. The Balaban J connectivity index is 1.43. The third kappa shape index (κ3) is 5.52. The highest BCUT2D eigenvalue weighted by Crippen LogP contribution is 2.31. The fourth-order valence-corrected chi connectivity index (χ4v) is 5.59. The Morgan fingerprint density at radius 2 is 1.92 bits per heavy atom. The number of hydrogen-bond acceptors (Lipinski definition) is 7. The lowest BCUT2D eigenvalue weighted by Gasteiger charge is -2.34. The zero-order valence-electron chi connectivity index (χ0n) is 22.2. The summed E-state index contributed by atoms with van der Waals surface area (Å²) in [5, 5.41) is 12.1. The minimum Gasteiger partial charge on any atom is -0.371 e. The highest BCUT2D eigenvalue weighted by atomic mass is 32.2. The number of amides is 1. The van der Waals surface area contributed by atoms with Crippen molar-refractivity contribution in [2.45, 2.75) is 39.3 Å². The van der Waals surface area contributed by atoms with Gasteiger partial charge >= 0.3 is 0 Å². The maximum atomic E-state index is 13.5. The molecule has 0 atom stereocenters. The molecule has 0 unspecified atom stereocenters. The first kappa shape index (κ1) is 26.1. The first-order chi connectivity index (χ1) is 18.1. The highest BCUT2D eigenvalue weighted by molar-refractivity contribution is 7.88. The minimum atomic E-state index is -3.40. The van der Waals surface area contributed by atoms with Crippen molar-refractivity contribution in [3.8, 4) is 0 Å². The average Bonchev–Trinajstić information content (AvgIpc) is 3.43. The molecule has 3 aromatic heterocycles. The third-order valence-electron chi connectivity index (χ3n) is 6.87. The van der Waals surface area contributed by atoms with Crippen molar-refractivity contribution in [3.63, 3.8) is 0 Å². The number of benzene rings is 1. The fraction of sp³-hybridized carbons (Fsp3) is 0.423. The molecule has 1 aliphatic rings. The van der Waals surface area contributed by atoms with Gasteiger partial charge in [0.2, 0.25) is 10.0 Å². The van der Waals surface area contributed by atoms with Crippen LogP contribution in [0.25, 0.3) is 16.6 Å². The van der Waals surface area contributed by atoms with Crippen molar-refractivity contribution < 1.29 is 13.2 Å². The van der Waals surface area contributed by atoms with Crippen LogP contribution in [0.15, 0.2) is 36.8 Å². The van der Waals surface area contributed by atoms with Gasteiger partial charge in [-0.05, 0) is 44.5 Å². The van der Waals surface area contributed by atoms with Crippen LogP contribution in [0.3, 0.4) is 0 Å². The molecule has 12 heteroatoms. The lowest BCUT2D eigenvalue weighted by molar-refractivity contribution is 0.102. The van der Waals surface area contributed by atoms with Gasteiger partial charge in [-0.3, -0.25) is 9.48 Å². The van der Waals surface area contributed by atoms with Crippen LogP contribution in [0.4, 0.5) is 11.4 Å². The number of carbonyl (C=O) groups excluding carboxylic acids is 1. The van der Waals surface area contributed by atoms with E-state index in [1.807, 2.05) is 38.5 Å². The topological polar surface area (TPSA) is 126 Å². The molecule has 202 valence electrons. The van der Waals surface area contributed by atoms with E-state index >= 15 is 0 Å². The largest absolute Gasteiger partial charge is 0.371 e. The summed E-state index contributed by atoms with van der Waals surface area (Å²) in [5.74, 6) is -0.288. The molecule has 4 aromatic rings. The van der Waals surface area contributed by atoms with Crippen molar-refractivity contribution in [2.75, 3.05) is 36.1 Å². The van der Waals surface area contributed by atoms with Crippen LogP contribution >= 0.6 is 0 Å². The molecule has 38 heavy (non-hydrogen) atoms. The zero-order chi connectivity index (χ0) is 27.0. The standard InChI is InChI=1S/C26H34N8O3S/c1-5-27-19-8-10-33(11-9-19)23-7-6-21(24-22(23)16-32(3)31-24)26(35)30-20-12-18(13-28-38(4,36)37)25-29-17(2)14-34(25)15-20/h6-7,12,14-16,19,27-28H,5,8-11,13H2,1-4H3,(H,30,35). The van der Waals surface area contributed by atoms with E-state index in [2.05, 4.69) is 37.3 Å². The first-order valence-corrected chi connectivity index (χ1v) is 14.7. The summed E-state index contributed by atoms with van der Waals surface area (Å²) in [6.07, 6.45) is 8.83. The molecular formula is C26H34N8O3S. The molecule has 0 spiro atoms. The number of pyridine rings is 1. The molecule has 3 N–H and O–H groups in total. The molecule has 0 aliphatic carbocycles. The van der Waals surface area contributed by atoms with E-state index in [4.69, 9.17) is 0 Å². The number of anilines is 2. The second-order valence-corrected chi connectivity index (χ2v) is 11.8. The molecule has 1 amide bonds. The molecule has 11 nitrogen and oxygen atoms in total. The maximum Gasteiger partial charge on any atom is 0.257 e. The van der Waals surface area contributed by atoms with Crippen LogP contribution in [-0.2, 0) is 23.6 Å². The van der Waals surface area contributed by atoms with E-state index in [0.29, 0.717) is 34.0 Å². The van der Waals surface area contributed by atoms with Crippen molar-refractivity contribution in [3.05, 3.63) is 53.6 Å². The summed E-state index contributed by atoms with van der Waals surface area (Å²) >= 11 is 0. The SMILES string of the molecule is CCNC1CCN(c2ccc(C(=O)Nc3cc(CNS(C)(=O)=O)c4nc(C)cn4c3)c3nn(C)cc23)CC1. The Morgan fingerprint density at radius 3 is 2.63 bits per heavy atom. The molecule has 1 aliphatic heterocycles. The molecule has 1 aromatic carbocycles. The number of imidazole rings is 1. The van der Waals surface area contributed by atoms with Crippen LogP contribution in [0.5, 0.6) is 0 Å². The Hall–Kier alpha value is -3.48. The molecule has 5 rings (SSSR count). The van der Waals surface area contributed by atoms with E-state index < -0.39 is 10.0 Å². The Morgan fingerprint density at radius 1 is 1.16 bits per heavy atom. The number of sulfonamides is 1. The number of fused-ring (bicyclic) bond motifs is 2. The fourth-order valence-electron chi connectivity index (χ4n) is 5.18. The van der Waals surface area contributed by atoms with Gasteiger partial charge in [0.1, 0.15) is 11.2 Å². The summed E-state index contributed by atoms with van der Waals surface area (Å²) < 4.78 is 29.4. The zero-order valence-corrected chi connectivity index (χ0v) is 23.0. The Kier molecular flexibility index (Phi) is 7.12. The van der Waals surface area contributed by atoms with Gasteiger partial charge in [-0.2, -0.15) is 5.10 Å². The summed E-state index contributed by atoms with van der Waals surface area (Å²) in [5.41, 5.74) is 4.81. The van der Waals surface area contributed by atoms with Crippen molar-refractivity contribution in [1.29, 1.82) is 0 Å². The maximum absolute atomic E-state index is 13.5. The van der Waals surface area contributed by atoms with Gasteiger partial charge in [0, 0.05) is 68.0 Å². The Labute approximate surface area is 222 Å². The number of carbonyl (C=O) groups is 1. The molecule has 0 radical (unpaired) electrons. The third-order valence-corrected chi connectivity index (χ3v) is 7.54. The van der Waals surface area contributed by atoms with Crippen LogP contribution in [-0.4, -0.2) is 65.4 Å². The quantitative estimate of drug-likeness (QED) is 0.315. The first-order valence-electron chi connectivity index (χ1n) is 12.8. The molecule has 0 saturated carbocycles. The van der Waals surface area contributed by atoms with Gasteiger partial charge in [0.15, 0.2) is 0 Å². The average molecular weight is 539 g/mol. The molecule has 1 fully saturated rings. The smallest absolute Gasteiger partial charge is 0.257 e. The minimum absolute atomic E-state index is 0.0617. The Bertz CT molecular complexity index is 1600. The molecule has 1 saturated heterocycles. The molecular weight excluding hydrogens is 504 g/mol. The second kappa shape index (κ2) is 10.4. The molecule has 0 bridgehead atoms. The highest BCUT2D eigenvalue weighted by Gasteiger charge is 2.23. The van der Waals surface area contributed by atoms with Crippen molar-refractivity contribution in [2.24, 2.45) is 7.05 Å². The van der Waals surface area contributed by atoms with Gasteiger partial charge < -0.3 is 19.9 Å². The normalized spacial score (nSPS) is 15.0. The number of nitrogens with zero attached hydrogens (tertiary/aromatic N) is 5. The monoisotopic (exact) mass is 538 g/mol. The number of rotatable bonds is 8. The van der Waals surface area contributed by atoms with E-state index in [0.717, 1.165) is 55.5 Å². The number of aryl methyl sites for hydroxylation is 2. The van der Waals surface area contributed by atoms with Gasteiger partial charge in [-0.25, -0.2) is 18.1 Å². The molecule has 4 heterocycles. The number of hydrogen-bond donors (Lipinski definition) is 3. The van der Waals surface area contributed by atoms with Crippen molar-refractivity contribution in [1.82, 2.24) is 29.2 Å². The van der Waals surface area contributed by atoms with E-state index in [1.54, 1.807) is 21.3 Å². The summed E-state index contributed by atoms with van der Waals surface area (Å²) in [7, 11) is -1.54. The van der Waals surface area contributed by atoms with E-state index in [1.165, 1.54) is 0 Å². The summed E-state index contributed by atoms with van der Waals surface area (Å²) in [6, 6.07) is 6.13.